The summed E-state index contributed by atoms with van der Waals surface area (Å²) in [7, 11) is -0.636. The summed E-state index contributed by atoms with van der Waals surface area (Å²) >= 11 is 0. The van der Waals surface area contributed by atoms with Gasteiger partial charge < -0.3 is 19.5 Å². The fraction of sp³-hybridized carbons (Fsp3) is 0.611. The van der Waals surface area contributed by atoms with E-state index in [1.165, 1.54) is 12.1 Å². The highest BCUT2D eigenvalue weighted by Crippen LogP contribution is 2.36. The van der Waals surface area contributed by atoms with Crippen molar-refractivity contribution in [3.8, 4) is 0 Å². The first-order chi connectivity index (χ1) is 11.6. The van der Waals surface area contributed by atoms with E-state index in [4.69, 9.17) is 9.31 Å². The van der Waals surface area contributed by atoms with Crippen molar-refractivity contribution in [2.45, 2.75) is 51.9 Å². The highest BCUT2D eigenvalue weighted by atomic mass is 35.5. The topological polar surface area (TPSA) is 50.8 Å². The summed E-state index contributed by atoms with van der Waals surface area (Å²) in [5, 5.41) is 3.27. The van der Waals surface area contributed by atoms with Gasteiger partial charge in [0, 0.05) is 25.7 Å². The molecule has 0 aromatic heterocycles. The Balaban J connectivity index is 0.00000243. The maximum absolute atomic E-state index is 14.6. The van der Waals surface area contributed by atoms with Gasteiger partial charge in [0.2, 0.25) is 0 Å². The van der Waals surface area contributed by atoms with E-state index in [1.807, 2.05) is 34.6 Å². The van der Waals surface area contributed by atoms with Crippen molar-refractivity contribution in [3.63, 3.8) is 0 Å². The second kappa shape index (κ2) is 7.47. The van der Waals surface area contributed by atoms with Gasteiger partial charge in [-0.15, -0.1) is 12.4 Å². The van der Waals surface area contributed by atoms with Crippen LogP contribution in [0.15, 0.2) is 18.2 Å². The molecule has 0 unspecified atom stereocenters. The molecule has 1 amide bonds. The minimum Gasteiger partial charge on any atom is -0.399 e. The van der Waals surface area contributed by atoms with E-state index in [9.17, 15) is 9.18 Å². The molecule has 3 rings (SSSR count). The summed E-state index contributed by atoms with van der Waals surface area (Å²) in [6.07, 6.45) is 0. The molecule has 8 heteroatoms. The van der Waals surface area contributed by atoms with Crippen molar-refractivity contribution in [2.75, 3.05) is 19.6 Å². The molecule has 5 nitrogen and oxygen atoms in total. The number of rotatable bonds is 2. The van der Waals surface area contributed by atoms with Crippen molar-refractivity contribution < 1.29 is 18.5 Å². The Morgan fingerprint density at radius 1 is 1.27 bits per heavy atom. The molecule has 144 valence electrons. The van der Waals surface area contributed by atoms with Crippen LogP contribution in [-0.2, 0) is 9.31 Å². The molecule has 0 radical (unpaired) electrons. The number of benzene rings is 1. The average Bonchev–Trinajstić information content (AvgIpc) is 2.75. The van der Waals surface area contributed by atoms with E-state index in [2.05, 4.69) is 5.32 Å². The molecule has 0 bridgehead atoms. The van der Waals surface area contributed by atoms with Gasteiger partial charge in [-0.25, -0.2) is 4.39 Å². The first kappa shape index (κ1) is 21.2. The van der Waals surface area contributed by atoms with Gasteiger partial charge in [-0.3, -0.25) is 4.79 Å². The fourth-order valence-electron chi connectivity index (χ4n) is 3.12. The molecule has 2 aliphatic rings. The van der Waals surface area contributed by atoms with E-state index in [0.717, 1.165) is 6.54 Å². The third-order valence-electron chi connectivity index (χ3n) is 5.40. The van der Waals surface area contributed by atoms with Crippen LogP contribution in [0.4, 0.5) is 4.39 Å². The lowest BCUT2D eigenvalue weighted by Crippen LogP contribution is -2.51. The van der Waals surface area contributed by atoms with Gasteiger partial charge in [0.05, 0.1) is 16.8 Å². The van der Waals surface area contributed by atoms with Crippen LogP contribution in [-0.4, -0.2) is 54.8 Å². The molecule has 26 heavy (non-hydrogen) atoms. The van der Waals surface area contributed by atoms with Crippen LogP contribution >= 0.6 is 12.4 Å². The zero-order valence-corrected chi connectivity index (χ0v) is 16.8. The van der Waals surface area contributed by atoms with Crippen LogP contribution in [0.5, 0.6) is 0 Å². The van der Waals surface area contributed by atoms with Gasteiger partial charge in [0.25, 0.3) is 5.91 Å². The van der Waals surface area contributed by atoms with Crippen molar-refractivity contribution in [1.82, 2.24) is 10.2 Å². The van der Waals surface area contributed by atoms with Gasteiger partial charge >= 0.3 is 7.12 Å². The van der Waals surface area contributed by atoms with Crippen molar-refractivity contribution >= 4 is 30.9 Å². The van der Waals surface area contributed by atoms with Crippen LogP contribution in [0.2, 0.25) is 0 Å². The van der Waals surface area contributed by atoms with Crippen LogP contribution in [0, 0.1) is 5.82 Å². The Hall–Kier alpha value is -1.15. The normalized spacial score (nSPS) is 24.3. The molecule has 2 fully saturated rings. The minimum atomic E-state index is -0.636. The molecular weight excluding hydrogens is 357 g/mol. The summed E-state index contributed by atoms with van der Waals surface area (Å²) in [6.45, 7) is 11.7. The summed E-state index contributed by atoms with van der Waals surface area (Å²) in [5.41, 5.74) is -0.296. The van der Waals surface area contributed by atoms with Gasteiger partial charge in [0.1, 0.15) is 5.82 Å². The summed E-state index contributed by atoms with van der Waals surface area (Å²) in [6, 6.07) is 4.81. The smallest absolute Gasteiger partial charge is 0.399 e. The Bertz CT molecular complexity index is 670. The van der Waals surface area contributed by atoms with Crippen LogP contribution in [0.1, 0.15) is 45.0 Å². The van der Waals surface area contributed by atoms with E-state index in [0.29, 0.717) is 18.6 Å². The monoisotopic (exact) mass is 384 g/mol. The molecule has 0 spiro atoms. The third kappa shape index (κ3) is 3.91. The van der Waals surface area contributed by atoms with Crippen molar-refractivity contribution in [1.29, 1.82) is 0 Å². The summed E-state index contributed by atoms with van der Waals surface area (Å²) in [4.78, 5) is 14.3. The van der Waals surface area contributed by atoms with Gasteiger partial charge in [-0.05, 0) is 52.2 Å². The maximum atomic E-state index is 14.6. The summed E-state index contributed by atoms with van der Waals surface area (Å²) < 4.78 is 26.5. The molecule has 0 aliphatic carbocycles. The lowest BCUT2D eigenvalue weighted by Gasteiger charge is -2.32. The molecule has 0 saturated carbocycles. The number of carbonyl (C=O) groups is 1. The van der Waals surface area contributed by atoms with Crippen LogP contribution in [0.25, 0.3) is 0 Å². The third-order valence-corrected chi connectivity index (χ3v) is 5.40. The highest BCUT2D eigenvalue weighted by Gasteiger charge is 2.51. The number of nitrogens with one attached hydrogen (secondary N) is 1. The van der Waals surface area contributed by atoms with Gasteiger partial charge in [-0.2, -0.15) is 0 Å². The predicted molar refractivity (Wildman–Crippen MR) is 103 cm³/mol. The highest BCUT2D eigenvalue weighted by molar-refractivity contribution is 6.62. The first-order valence-electron chi connectivity index (χ1n) is 8.78. The number of hydrogen-bond donors (Lipinski definition) is 1. The Morgan fingerprint density at radius 2 is 1.88 bits per heavy atom. The Labute approximate surface area is 161 Å². The largest absolute Gasteiger partial charge is 0.494 e. The number of hydrogen-bond acceptors (Lipinski definition) is 4. The quantitative estimate of drug-likeness (QED) is 0.792. The zero-order valence-electron chi connectivity index (χ0n) is 16.0. The second-order valence-electron chi connectivity index (χ2n) is 7.93. The molecule has 2 saturated heterocycles. The predicted octanol–water partition coefficient (Wildman–Crippen LogP) is 1.98. The average molecular weight is 385 g/mol. The molecule has 2 heterocycles. The van der Waals surface area contributed by atoms with Crippen LogP contribution in [0.3, 0.4) is 0 Å². The fourth-order valence-corrected chi connectivity index (χ4v) is 3.12. The molecular formula is C18H27BClFN2O3. The number of nitrogens with zero attached hydrogens (tertiary/aromatic N) is 1. The molecule has 1 aromatic carbocycles. The zero-order chi connectivity index (χ0) is 18.4. The van der Waals surface area contributed by atoms with Crippen molar-refractivity contribution in [3.05, 3.63) is 29.6 Å². The van der Waals surface area contributed by atoms with Gasteiger partial charge in [0.15, 0.2) is 0 Å². The van der Waals surface area contributed by atoms with Crippen LogP contribution < -0.4 is 10.8 Å². The van der Waals surface area contributed by atoms with E-state index < -0.39 is 24.1 Å². The lowest BCUT2D eigenvalue weighted by molar-refractivity contribution is 0.00578. The number of halogens is 2. The van der Waals surface area contributed by atoms with E-state index in [1.54, 1.807) is 11.0 Å². The van der Waals surface area contributed by atoms with E-state index in [-0.39, 0.29) is 29.9 Å². The standard InChI is InChI=1S/C18H26BFN2O3.ClH/c1-12-11-22(9-8-21-12)16(23)14-7-6-13(10-15(14)20)19-24-17(2,3)18(4,5)25-19;/h6-7,10,12,21H,8-9,11H2,1-5H3;1H/t12-;/m1./s1. The first-order valence-corrected chi connectivity index (χ1v) is 8.78. The van der Waals surface area contributed by atoms with Gasteiger partial charge in [-0.1, -0.05) is 6.07 Å². The molecule has 1 N–H and O–H groups in total. The maximum Gasteiger partial charge on any atom is 0.494 e. The molecule has 1 atom stereocenters. The second-order valence-corrected chi connectivity index (χ2v) is 7.93. The van der Waals surface area contributed by atoms with Crippen molar-refractivity contribution in [2.24, 2.45) is 0 Å². The number of amides is 1. The SMILES string of the molecule is C[C@@H]1CN(C(=O)c2ccc(B3OC(C)(C)C(C)(C)O3)cc2F)CCN1.Cl. The Kier molecular flexibility index (Phi) is 6.08. The lowest BCUT2D eigenvalue weighted by atomic mass is 9.78. The summed E-state index contributed by atoms with van der Waals surface area (Å²) in [5.74, 6) is -0.810. The van der Waals surface area contributed by atoms with E-state index >= 15 is 0 Å². The minimum absolute atomic E-state index is 0. The number of carbonyl (C=O) groups excluding carboxylic acids is 1. The molecule has 1 aromatic rings. The molecule has 2 aliphatic heterocycles. The number of piperazine rings is 1. The Morgan fingerprint density at radius 3 is 2.42 bits per heavy atom.